The number of nitrogens with zero attached hydrogens (tertiary/aromatic N) is 2. The molecule has 0 unspecified atom stereocenters. The molecule has 7 heteroatoms. The second-order valence-corrected chi connectivity index (χ2v) is 7.06. The molecule has 1 aliphatic rings. The van der Waals surface area contributed by atoms with Crippen molar-refractivity contribution in [1.29, 1.82) is 0 Å². The van der Waals surface area contributed by atoms with Gasteiger partial charge >= 0.3 is 6.03 Å². The third-order valence-corrected chi connectivity index (χ3v) is 5.26. The Hall–Kier alpha value is -3.12. The number of benzene rings is 2. The molecule has 1 saturated heterocycles. The molecular formula is C22H22ClN3O3. The molecule has 2 aromatic carbocycles. The Morgan fingerprint density at radius 3 is 2.28 bits per heavy atom. The minimum absolute atomic E-state index is 0.114. The first kappa shape index (κ1) is 20.6. The monoisotopic (exact) mass is 411 g/mol. The Morgan fingerprint density at radius 1 is 1.03 bits per heavy atom. The van der Waals surface area contributed by atoms with Crippen molar-refractivity contribution >= 4 is 46.9 Å². The summed E-state index contributed by atoms with van der Waals surface area (Å²) in [5.74, 6) is -1.41. The molecule has 6 nitrogen and oxygen atoms in total. The summed E-state index contributed by atoms with van der Waals surface area (Å²) < 4.78 is 0. The van der Waals surface area contributed by atoms with Gasteiger partial charge in [0, 0.05) is 23.8 Å². The van der Waals surface area contributed by atoms with Crippen LogP contribution in [0.15, 0.2) is 48.0 Å². The number of aryl methyl sites for hydroxylation is 1. The number of halogens is 1. The van der Waals surface area contributed by atoms with Gasteiger partial charge in [-0.15, -0.1) is 0 Å². The van der Waals surface area contributed by atoms with E-state index in [1.165, 1.54) is 12.1 Å². The summed E-state index contributed by atoms with van der Waals surface area (Å²) in [4.78, 5) is 40.6. The van der Waals surface area contributed by atoms with Gasteiger partial charge in [0.1, 0.15) is 5.57 Å². The summed E-state index contributed by atoms with van der Waals surface area (Å²) in [5.41, 5.74) is 2.76. The van der Waals surface area contributed by atoms with E-state index in [0.717, 1.165) is 29.2 Å². The van der Waals surface area contributed by atoms with Gasteiger partial charge in [-0.25, -0.2) is 9.69 Å². The molecule has 1 fully saturated rings. The normalized spacial score (nSPS) is 15.7. The van der Waals surface area contributed by atoms with Gasteiger partial charge < -0.3 is 4.90 Å². The first-order valence-corrected chi connectivity index (χ1v) is 9.76. The molecule has 0 radical (unpaired) electrons. The number of nitrogens with one attached hydrogen (secondary N) is 1. The van der Waals surface area contributed by atoms with E-state index in [2.05, 4.69) is 24.1 Å². The highest BCUT2D eigenvalue weighted by atomic mass is 35.5. The molecule has 0 spiro atoms. The Bertz CT molecular complexity index is 995. The smallest absolute Gasteiger partial charge is 0.335 e. The molecule has 0 aliphatic carbocycles. The number of amides is 4. The van der Waals surface area contributed by atoms with Crippen molar-refractivity contribution in [3.8, 4) is 0 Å². The summed E-state index contributed by atoms with van der Waals surface area (Å²) in [6, 6.07) is 11.6. The number of hydrogen-bond donors (Lipinski definition) is 1. The van der Waals surface area contributed by atoms with Crippen molar-refractivity contribution in [1.82, 2.24) is 5.32 Å². The van der Waals surface area contributed by atoms with Crippen LogP contribution in [-0.2, 0) is 9.59 Å². The molecule has 0 atom stereocenters. The van der Waals surface area contributed by atoms with E-state index >= 15 is 0 Å². The lowest BCUT2D eigenvalue weighted by Crippen LogP contribution is -2.54. The predicted molar refractivity (Wildman–Crippen MR) is 115 cm³/mol. The van der Waals surface area contributed by atoms with Gasteiger partial charge in [-0.05, 0) is 62.2 Å². The zero-order valence-electron chi connectivity index (χ0n) is 16.5. The van der Waals surface area contributed by atoms with Crippen LogP contribution in [-0.4, -0.2) is 30.9 Å². The summed E-state index contributed by atoms with van der Waals surface area (Å²) >= 11 is 6.13. The fourth-order valence-corrected chi connectivity index (χ4v) is 3.32. The Labute approximate surface area is 174 Å². The average Bonchev–Trinajstić information content (AvgIpc) is 2.70. The molecule has 1 aliphatic heterocycles. The summed E-state index contributed by atoms with van der Waals surface area (Å²) in [6.45, 7) is 7.74. The SMILES string of the molecule is CCN(CC)c1ccc(/C=C2/C(=O)NC(=O)N(c3ccc(C)c(Cl)c3)C2=O)cc1. The van der Waals surface area contributed by atoms with Crippen molar-refractivity contribution in [2.45, 2.75) is 20.8 Å². The first-order valence-electron chi connectivity index (χ1n) is 9.38. The van der Waals surface area contributed by atoms with Crippen LogP contribution in [0.25, 0.3) is 6.08 Å². The second-order valence-electron chi connectivity index (χ2n) is 6.66. The fraction of sp³-hybridized carbons (Fsp3) is 0.227. The number of hydrogen-bond acceptors (Lipinski definition) is 4. The van der Waals surface area contributed by atoms with Crippen molar-refractivity contribution in [3.05, 3.63) is 64.2 Å². The zero-order valence-corrected chi connectivity index (χ0v) is 17.3. The summed E-state index contributed by atoms with van der Waals surface area (Å²) in [5, 5.41) is 2.65. The predicted octanol–water partition coefficient (Wildman–Crippen LogP) is 4.16. The van der Waals surface area contributed by atoms with Crippen LogP contribution in [0.5, 0.6) is 0 Å². The quantitative estimate of drug-likeness (QED) is 0.592. The molecule has 1 N–H and O–H groups in total. The van der Waals surface area contributed by atoms with E-state index < -0.39 is 17.8 Å². The van der Waals surface area contributed by atoms with Crippen molar-refractivity contribution in [2.24, 2.45) is 0 Å². The lowest BCUT2D eigenvalue weighted by molar-refractivity contribution is -0.122. The summed E-state index contributed by atoms with van der Waals surface area (Å²) in [7, 11) is 0. The van der Waals surface area contributed by atoms with E-state index in [9.17, 15) is 14.4 Å². The number of urea groups is 1. The third-order valence-electron chi connectivity index (χ3n) is 4.85. The van der Waals surface area contributed by atoms with E-state index in [0.29, 0.717) is 16.3 Å². The van der Waals surface area contributed by atoms with Crippen LogP contribution in [0.1, 0.15) is 25.0 Å². The third kappa shape index (κ3) is 4.17. The minimum atomic E-state index is -0.797. The highest BCUT2D eigenvalue weighted by Crippen LogP contribution is 2.27. The number of carbonyl (C=O) groups excluding carboxylic acids is 3. The lowest BCUT2D eigenvalue weighted by Gasteiger charge is -2.26. The van der Waals surface area contributed by atoms with Gasteiger partial charge in [-0.1, -0.05) is 29.8 Å². The van der Waals surface area contributed by atoms with E-state index in [1.807, 2.05) is 31.2 Å². The fourth-order valence-electron chi connectivity index (χ4n) is 3.15. The zero-order chi connectivity index (χ0) is 21.1. The molecule has 1 heterocycles. The largest absolute Gasteiger partial charge is 0.372 e. The highest BCUT2D eigenvalue weighted by molar-refractivity contribution is 6.39. The van der Waals surface area contributed by atoms with Crippen molar-refractivity contribution in [3.63, 3.8) is 0 Å². The first-order chi connectivity index (χ1) is 13.8. The number of anilines is 2. The molecule has 0 bridgehead atoms. The van der Waals surface area contributed by atoms with Crippen LogP contribution in [0.2, 0.25) is 5.02 Å². The summed E-state index contributed by atoms with van der Waals surface area (Å²) in [6.07, 6.45) is 1.49. The standard InChI is InChI=1S/C22H22ClN3O3/c1-4-25(5-2)16-10-7-15(8-11-16)12-18-20(27)24-22(29)26(21(18)28)17-9-6-14(3)19(23)13-17/h6-13H,4-5H2,1-3H3,(H,24,27,29)/b18-12-. The van der Waals surface area contributed by atoms with Gasteiger partial charge in [0.05, 0.1) is 5.69 Å². The maximum atomic E-state index is 12.9. The van der Waals surface area contributed by atoms with Crippen molar-refractivity contribution in [2.75, 3.05) is 22.9 Å². The van der Waals surface area contributed by atoms with Crippen LogP contribution in [0, 0.1) is 6.92 Å². The topological polar surface area (TPSA) is 69.7 Å². The van der Waals surface area contributed by atoms with Crippen LogP contribution >= 0.6 is 11.6 Å². The van der Waals surface area contributed by atoms with Gasteiger partial charge in [-0.3, -0.25) is 14.9 Å². The van der Waals surface area contributed by atoms with Crippen LogP contribution < -0.4 is 15.1 Å². The Morgan fingerprint density at radius 2 is 1.69 bits per heavy atom. The molecule has 0 saturated carbocycles. The van der Waals surface area contributed by atoms with E-state index in [4.69, 9.17) is 11.6 Å². The number of barbiturate groups is 1. The van der Waals surface area contributed by atoms with Gasteiger partial charge in [0.2, 0.25) is 0 Å². The Balaban J connectivity index is 1.93. The number of imide groups is 2. The van der Waals surface area contributed by atoms with Gasteiger partial charge in [0.15, 0.2) is 0 Å². The second kappa shape index (κ2) is 8.49. The Kier molecular flexibility index (Phi) is 6.03. The molecule has 29 heavy (non-hydrogen) atoms. The number of rotatable bonds is 5. The maximum absolute atomic E-state index is 12.9. The highest BCUT2D eigenvalue weighted by Gasteiger charge is 2.36. The molecule has 0 aromatic heterocycles. The minimum Gasteiger partial charge on any atom is -0.372 e. The van der Waals surface area contributed by atoms with E-state index in [-0.39, 0.29) is 5.57 Å². The molecule has 4 amide bonds. The number of carbonyl (C=O) groups is 3. The van der Waals surface area contributed by atoms with Gasteiger partial charge in [-0.2, -0.15) is 0 Å². The van der Waals surface area contributed by atoms with Gasteiger partial charge in [0.25, 0.3) is 11.8 Å². The van der Waals surface area contributed by atoms with Crippen LogP contribution in [0.3, 0.4) is 0 Å². The maximum Gasteiger partial charge on any atom is 0.335 e. The molecule has 3 rings (SSSR count). The van der Waals surface area contributed by atoms with E-state index in [1.54, 1.807) is 12.1 Å². The molecule has 2 aromatic rings. The average molecular weight is 412 g/mol. The van der Waals surface area contributed by atoms with Crippen molar-refractivity contribution < 1.29 is 14.4 Å². The molecule has 150 valence electrons. The lowest BCUT2D eigenvalue weighted by atomic mass is 10.1. The van der Waals surface area contributed by atoms with Crippen LogP contribution in [0.4, 0.5) is 16.2 Å². The molecular weight excluding hydrogens is 390 g/mol.